The van der Waals surface area contributed by atoms with Gasteiger partial charge in [-0.1, -0.05) is 24.3 Å². The van der Waals surface area contributed by atoms with E-state index in [0.717, 1.165) is 47.6 Å². The van der Waals surface area contributed by atoms with Gasteiger partial charge in [0.1, 0.15) is 22.8 Å². The molecule has 0 spiro atoms. The molecule has 2 aromatic heterocycles. The number of nitrogens with zero attached hydrogens (tertiary/aromatic N) is 2. The molecular formula is C36H34Br2N2O5S2. The molecule has 0 radical (unpaired) electrons. The zero-order valence-corrected chi connectivity index (χ0v) is 31.4. The molecule has 6 rings (SSSR count). The summed E-state index contributed by atoms with van der Waals surface area (Å²) in [5.41, 5.74) is 6.39. The molecule has 0 aliphatic carbocycles. The first-order chi connectivity index (χ1) is 22.7. The summed E-state index contributed by atoms with van der Waals surface area (Å²) < 4.78 is 24.4. The normalized spacial score (nSPS) is 10.8. The molecule has 2 heterocycles. The van der Waals surface area contributed by atoms with Crippen LogP contribution in [0.15, 0.2) is 81.7 Å². The topological polar surface area (TPSA) is 79.8 Å². The van der Waals surface area contributed by atoms with Gasteiger partial charge in [0, 0.05) is 19.8 Å². The number of ether oxygens (including phenoxy) is 4. The van der Waals surface area contributed by atoms with Crippen molar-refractivity contribution >= 4 is 93.4 Å². The van der Waals surface area contributed by atoms with Crippen LogP contribution in [0.1, 0.15) is 37.1 Å². The number of hydrogen-bond acceptors (Lipinski definition) is 9. The van der Waals surface area contributed by atoms with E-state index in [-0.39, 0.29) is 13.6 Å². The monoisotopic (exact) mass is 796 g/mol. The predicted molar refractivity (Wildman–Crippen MR) is 201 cm³/mol. The van der Waals surface area contributed by atoms with Crippen LogP contribution >= 0.6 is 54.5 Å². The molecule has 0 fully saturated rings. The first kappa shape index (κ1) is 36.4. The number of aldehydes is 1. The fourth-order valence-electron chi connectivity index (χ4n) is 4.14. The molecule has 47 heavy (non-hydrogen) atoms. The van der Waals surface area contributed by atoms with E-state index in [1.807, 2.05) is 31.2 Å². The highest BCUT2D eigenvalue weighted by Crippen LogP contribution is 2.29. The van der Waals surface area contributed by atoms with Gasteiger partial charge in [-0.25, -0.2) is 9.97 Å². The van der Waals surface area contributed by atoms with Crippen molar-refractivity contribution in [3.63, 3.8) is 0 Å². The number of carbonyl (C=O) groups excluding carboxylic acids is 1. The third kappa shape index (κ3) is 11.1. The average Bonchev–Trinajstić information content (AvgIpc) is 3.64. The minimum atomic E-state index is 0.193. The highest BCUT2D eigenvalue weighted by atomic mass is 79.9. The molecule has 0 N–H and O–H groups in total. The summed E-state index contributed by atoms with van der Waals surface area (Å²) in [7, 11) is 3.15. The summed E-state index contributed by atoms with van der Waals surface area (Å²) >= 11 is 10.2. The first-order valence-corrected chi connectivity index (χ1v) is 17.6. The number of aryl methyl sites for hydroxylation is 3. The van der Waals surface area contributed by atoms with Gasteiger partial charge in [-0.3, -0.25) is 4.79 Å². The Morgan fingerprint density at radius 3 is 1.74 bits per heavy atom. The quantitative estimate of drug-likeness (QED) is 0.106. The van der Waals surface area contributed by atoms with Crippen LogP contribution in [0.4, 0.5) is 0 Å². The summed E-state index contributed by atoms with van der Waals surface area (Å²) in [5.74, 6) is 1.42. The Morgan fingerprint density at radius 1 is 0.660 bits per heavy atom. The van der Waals surface area contributed by atoms with Gasteiger partial charge in [0.05, 0.1) is 34.4 Å². The van der Waals surface area contributed by atoms with E-state index in [0.29, 0.717) is 11.3 Å². The maximum atomic E-state index is 10.4. The molecule has 6 aromatic rings. The molecule has 0 aliphatic rings. The standard InChI is InChI=1S/C18H16BrNO2S.C9H9BrO3.C9H9NS/c1-12-3-7-17-15(9-12)20-18(23-17)8-5-13-4-6-16(14(19)10-13)22-11-21-2;1-12-6-13-9-3-2-7(5-11)4-8(9)10;1-6-3-4-9-8(5-6)10-7(2)11-9/h3-10H,11H2,1-2H3;2-5H,6H2,1H3;3-5H,1-2H3/b8-5+;;. The number of aromatic nitrogens is 2. The van der Waals surface area contributed by atoms with Crippen LogP contribution in [0.25, 0.3) is 32.6 Å². The van der Waals surface area contributed by atoms with E-state index >= 15 is 0 Å². The predicted octanol–water partition coefficient (Wildman–Crippen LogP) is 10.7. The second-order valence-electron chi connectivity index (χ2n) is 10.2. The SMILES string of the molecule is COCOc1ccc(/C=C/c2nc3cc(C)ccc3s2)cc1Br.COCOc1ccc(C=O)cc1Br.Cc1ccc2sc(C)nc2c1. The highest BCUT2D eigenvalue weighted by Gasteiger charge is 2.04. The van der Waals surface area contributed by atoms with E-state index in [4.69, 9.17) is 18.9 Å². The van der Waals surface area contributed by atoms with E-state index in [2.05, 4.69) is 98.1 Å². The van der Waals surface area contributed by atoms with Crippen LogP contribution in [-0.4, -0.2) is 44.1 Å². The van der Waals surface area contributed by atoms with Crippen molar-refractivity contribution in [1.82, 2.24) is 9.97 Å². The fraction of sp³-hybridized carbons (Fsp3) is 0.194. The van der Waals surface area contributed by atoms with E-state index in [9.17, 15) is 4.79 Å². The summed E-state index contributed by atoms with van der Waals surface area (Å²) in [5, 5.41) is 2.15. The minimum Gasteiger partial charge on any atom is -0.466 e. The molecular weight excluding hydrogens is 764 g/mol. The van der Waals surface area contributed by atoms with Crippen LogP contribution in [0.3, 0.4) is 0 Å². The first-order valence-electron chi connectivity index (χ1n) is 14.4. The molecule has 0 bridgehead atoms. The van der Waals surface area contributed by atoms with Gasteiger partial charge >= 0.3 is 0 Å². The Bertz CT molecular complexity index is 1970. The Hall–Kier alpha value is -3.45. The van der Waals surface area contributed by atoms with Gasteiger partial charge in [-0.2, -0.15) is 0 Å². The zero-order chi connectivity index (χ0) is 33.8. The van der Waals surface area contributed by atoms with E-state index in [1.165, 1.54) is 20.5 Å². The van der Waals surface area contributed by atoms with Gasteiger partial charge in [-0.05, 0) is 130 Å². The van der Waals surface area contributed by atoms with Crippen molar-refractivity contribution in [2.24, 2.45) is 0 Å². The highest BCUT2D eigenvalue weighted by molar-refractivity contribution is 9.11. The third-order valence-electron chi connectivity index (χ3n) is 6.34. The van der Waals surface area contributed by atoms with Crippen molar-refractivity contribution in [2.45, 2.75) is 20.8 Å². The smallest absolute Gasteiger partial charge is 0.188 e. The molecule has 0 amide bonds. The summed E-state index contributed by atoms with van der Waals surface area (Å²) in [4.78, 5) is 19.4. The Labute approximate surface area is 299 Å². The van der Waals surface area contributed by atoms with Crippen molar-refractivity contribution in [1.29, 1.82) is 0 Å². The number of rotatable bonds is 9. The molecule has 7 nitrogen and oxygen atoms in total. The van der Waals surface area contributed by atoms with Gasteiger partial charge in [0.25, 0.3) is 0 Å². The number of methoxy groups -OCH3 is 2. The van der Waals surface area contributed by atoms with Crippen LogP contribution in [-0.2, 0) is 9.47 Å². The minimum absolute atomic E-state index is 0.193. The lowest BCUT2D eigenvalue weighted by Gasteiger charge is -2.07. The Morgan fingerprint density at radius 2 is 1.19 bits per heavy atom. The molecule has 0 saturated carbocycles. The maximum Gasteiger partial charge on any atom is 0.188 e. The molecule has 0 atom stereocenters. The van der Waals surface area contributed by atoms with Crippen LogP contribution in [0, 0.1) is 20.8 Å². The molecule has 11 heteroatoms. The Balaban J connectivity index is 0.000000176. The Kier molecular flexibility index (Phi) is 14.1. The molecule has 0 aliphatic heterocycles. The lowest BCUT2D eigenvalue weighted by Crippen LogP contribution is -1.99. The number of halogens is 2. The van der Waals surface area contributed by atoms with Crippen LogP contribution in [0.2, 0.25) is 0 Å². The molecule has 4 aromatic carbocycles. The average molecular weight is 799 g/mol. The van der Waals surface area contributed by atoms with Crippen LogP contribution < -0.4 is 9.47 Å². The van der Waals surface area contributed by atoms with E-state index < -0.39 is 0 Å². The molecule has 244 valence electrons. The lowest BCUT2D eigenvalue weighted by molar-refractivity contribution is 0.0504. The number of hydrogen-bond donors (Lipinski definition) is 0. The van der Waals surface area contributed by atoms with Crippen molar-refractivity contribution < 1.29 is 23.7 Å². The summed E-state index contributed by atoms with van der Waals surface area (Å²) in [6.07, 6.45) is 4.87. The number of fused-ring (bicyclic) bond motifs is 2. The van der Waals surface area contributed by atoms with Crippen molar-refractivity contribution in [2.75, 3.05) is 27.8 Å². The summed E-state index contributed by atoms with van der Waals surface area (Å²) in [6, 6.07) is 23.8. The van der Waals surface area contributed by atoms with Crippen molar-refractivity contribution in [3.8, 4) is 11.5 Å². The molecule has 0 saturated heterocycles. The number of thiazole rings is 2. The van der Waals surface area contributed by atoms with Crippen LogP contribution in [0.5, 0.6) is 11.5 Å². The second-order valence-corrected chi connectivity index (χ2v) is 14.2. The summed E-state index contributed by atoms with van der Waals surface area (Å²) in [6.45, 7) is 6.64. The van der Waals surface area contributed by atoms with Gasteiger partial charge in [-0.15, -0.1) is 22.7 Å². The van der Waals surface area contributed by atoms with Gasteiger partial charge < -0.3 is 18.9 Å². The third-order valence-corrected chi connectivity index (χ3v) is 9.53. The van der Waals surface area contributed by atoms with Gasteiger partial charge in [0.15, 0.2) is 13.6 Å². The second kappa shape index (κ2) is 18.2. The lowest BCUT2D eigenvalue weighted by atomic mass is 10.2. The zero-order valence-electron chi connectivity index (χ0n) is 26.6. The van der Waals surface area contributed by atoms with Gasteiger partial charge in [0.2, 0.25) is 0 Å². The van der Waals surface area contributed by atoms with E-state index in [1.54, 1.807) is 55.1 Å². The molecule has 0 unspecified atom stereocenters. The largest absolute Gasteiger partial charge is 0.466 e. The fourth-order valence-corrected chi connectivity index (χ4v) is 6.82. The number of benzene rings is 4. The maximum absolute atomic E-state index is 10.4. The number of carbonyl (C=O) groups is 1. The van der Waals surface area contributed by atoms with Crippen molar-refractivity contribution in [3.05, 3.63) is 114 Å².